The highest BCUT2D eigenvalue weighted by Gasteiger charge is 2.31. The summed E-state index contributed by atoms with van der Waals surface area (Å²) in [6.07, 6.45) is 1.45. The summed E-state index contributed by atoms with van der Waals surface area (Å²) in [7, 11) is 1.49. The Morgan fingerprint density at radius 2 is 1.63 bits per heavy atom. The molecule has 0 heterocycles. The van der Waals surface area contributed by atoms with Gasteiger partial charge in [-0.1, -0.05) is 68.3 Å². The molecule has 1 amide bonds. The van der Waals surface area contributed by atoms with Crippen molar-refractivity contribution in [2.45, 2.75) is 38.1 Å². The van der Waals surface area contributed by atoms with E-state index in [2.05, 4.69) is 24.3 Å². The molecule has 0 radical (unpaired) electrons. The van der Waals surface area contributed by atoms with Crippen LogP contribution in [0.1, 0.15) is 43.2 Å². The van der Waals surface area contributed by atoms with Crippen LogP contribution in [0.25, 0.3) is 11.1 Å². The topological polar surface area (TPSA) is 66.8 Å². The summed E-state index contributed by atoms with van der Waals surface area (Å²) >= 11 is 0. The van der Waals surface area contributed by atoms with Crippen molar-refractivity contribution < 1.29 is 19.4 Å². The second kappa shape index (κ2) is 8.25. The Morgan fingerprint density at radius 1 is 1.07 bits per heavy atom. The number of amides is 1. The van der Waals surface area contributed by atoms with Crippen LogP contribution in [0.3, 0.4) is 0 Å². The van der Waals surface area contributed by atoms with Crippen LogP contribution >= 0.6 is 0 Å². The highest BCUT2D eigenvalue weighted by Crippen LogP contribution is 2.44. The zero-order valence-corrected chi connectivity index (χ0v) is 15.7. The quantitative estimate of drug-likeness (QED) is 0.782. The van der Waals surface area contributed by atoms with Crippen LogP contribution < -0.4 is 0 Å². The van der Waals surface area contributed by atoms with E-state index in [4.69, 9.17) is 4.74 Å². The smallest absolute Gasteiger partial charge is 0.410 e. The third kappa shape index (κ3) is 3.82. The lowest BCUT2D eigenvalue weighted by atomic mass is 9.98. The zero-order chi connectivity index (χ0) is 19.4. The Labute approximate surface area is 159 Å². The number of carbonyl (C=O) groups excluding carboxylic acids is 1. The van der Waals surface area contributed by atoms with Crippen molar-refractivity contribution in [2.24, 2.45) is 0 Å². The van der Waals surface area contributed by atoms with Crippen LogP contribution in [0.5, 0.6) is 0 Å². The molecular weight excluding hydrogens is 342 g/mol. The molecule has 0 aromatic heterocycles. The average molecular weight is 367 g/mol. The number of likely N-dealkylation sites (N-methyl/N-ethyl adjacent to an activating group) is 1. The molecule has 1 aliphatic rings. The van der Waals surface area contributed by atoms with Crippen LogP contribution in [-0.2, 0) is 9.53 Å². The Balaban J connectivity index is 1.73. The first kappa shape index (κ1) is 19.0. The molecule has 2 aromatic carbocycles. The van der Waals surface area contributed by atoms with E-state index < -0.39 is 18.1 Å². The van der Waals surface area contributed by atoms with E-state index in [0.717, 1.165) is 35.1 Å². The van der Waals surface area contributed by atoms with Crippen molar-refractivity contribution in [3.05, 3.63) is 59.7 Å². The minimum atomic E-state index is -1.00. The molecular formula is C22H25NO4. The largest absolute Gasteiger partial charge is 0.480 e. The molecule has 1 atom stereocenters. The van der Waals surface area contributed by atoms with Crippen LogP contribution in [0, 0.1) is 0 Å². The van der Waals surface area contributed by atoms with Gasteiger partial charge in [-0.25, -0.2) is 9.59 Å². The SMILES string of the molecule is CCCC[C@@H](C(=O)O)N(C)C(=O)OCC1c2ccccc2-c2ccccc21. The molecule has 1 aliphatic carbocycles. The third-order valence-corrected chi connectivity index (χ3v) is 5.21. The molecule has 3 rings (SSSR count). The maximum Gasteiger partial charge on any atom is 0.410 e. The summed E-state index contributed by atoms with van der Waals surface area (Å²) in [4.78, 5) is 25.2. The summed E-state index contributed by atoms with van der Waals surface area (Å²) < 4.78 is 5.54. The average Bonchev–Trinajstić information content (AvgIpc) is 3.00. The van der Waals surface area contributed by atoms with E-state index in [1.807, 2.05) is 31.2 Å². The van der Waals surface area contributed by atoms with Crippen LogP contribution in [-0.4, -0.2) is 41.8 Å². The summed E-state index contributed by atoms with van der Waals surface area (Å²) in [6, 6.07) is 15.4. The first-order valence-corrected chi connectivity index (χ1v) is 9.35. The molecule has 0 aliphatic heterocycles. The lowest BCUT2D eigenvalue weighted by Gasteiger charge is -2.25. The summed E-state index contributed by atoms with van der Waals surface area (Å²) in [6.45, 7) is 2.18. The Hall–Kier alpha value is -2.82. The first-order valence-electron chi connectivity index (χ1n) is 9.35. The van der Waals surface area contributed by atoms with Crippen LogP contribution in [0.2, 0.25) is 0 Å². The van der Waals surface area contributed by atoms with Crippen molar-refractivity contribution in [1.82, 2.24) is 4.90 Å². The summed E-state index contributed by atoms with van der Waals surface area (Å²) in [5, 5.41) is 9.41. The minimum absolute atomic E-state index is 0.0336. The number of carboxylic acid groups (broad SMARTS) is 1. The number of carboxylic acids is 1. The molecule has 0 saturated heterocycles. The molecule has 27 heavy (non-hydrogen) atoms. The maximum atomic E-state index is 12.5. The number of ether oxygens (including phenoxy) is 1. The highest BCUT2D eigenvalue weighted by molar-refractivity contribution is 5.81. The third-order valence-electron chi connectivity index (χ3n) is 5.21. The van der Waals surface area contributed by atoms with Gasteiger partial charge >= 0.3 is 12.1 Å². The lowest BCUT2D eigenvalue weighted by molar-refractivity contribution is -0.142. The number of carbonyl (C=O) groups is 2. The number of hydrogen-bond acceptors (Lipinski definition) is 3. The zero-order valence-electron chi connectivity index (χ0n) is 15.7. The van der Waals surface area contributed by atoms with Gasteiger partial charge in [0, 0.05) is 13.0 Å². The molecule has 1 N–H and O–H groups in total. The van der Waals surface area contributed by atoms with Gasteiger partial charge in [-0.2, -0.15) is 0 Å². The van der Waals surface area contributed by atoms with Gasteiger partial charge in [0.1, 0.15) is 12.6 Å². The van der Waals surface area contributed by atoms with Crippen molar-refractivity contribution in [1.29, 1.82) is 0 Å². The van der Waals surface area contributed by atoms with Gasteiger partial charge in [0.05, 0.1) is 0 Å². The Kier molecular flexibility index (Phi) is 5.79. The van der Waals surface area contributed by atoms with E-state index >= 15 is 0 Å². The molecule has 0 fully saturated rings. The molecule has 5 nitrogen and oxygen atoms in total. The number of benzene rings is 2. The van der Waals surface area contributed by atoms with Crippen LogP contribution in [0.15, 0.2) is 48.5 Å². The maximum absolute atomic E-state index is 12.5. The highest BCUT2D eigenvalue weighted by atomic mass is 16.6. The van der Waals surface area contributed by atoms with Crippen molar-refractivity contribution in [2.75, 3.05) is 13.7 Å². The second-order valence-electron chi connectivity index (χ2n) is 6.91. The second-order valence-corrected chi connectivity index (χ2v) is 6.91. The van der Waals surface area contributed by atoms with Crippen molar-refractivity contribution >= 4 is 12.1 Å². The standard InChI is InChI=1S/C22H25NO4/c1-3-4-13-20(21(24)25)23(2)22(26)27-14-19-17-11-7-5-9-15(17)16-10-6-8-12-18(16)19/h5-12,19-20H,3-4,13-14H2,1-2H3,(H,24,25)/t20-/m0/s1. The monoisotopic (exact) mass is 367 g/mol. The molecule has 0 unspecified atom stereocenters. The van der Waals surface area contributed by atoms with Crippen LogP contribution in [0.4, 0.5) is 4.79 Å². The van der Waals surface area contributed by atoms with Gasteiger partial charge in [-0.15, -0.1) is 0 Å². The summed E-state index contributed by atoms with van der Waals surface area (Å²) in [5.74, 6) is -1.03. The van der Waals surface area contributed by atoms with Gasteiger partial charge in [-0.05, 0) is 28.7 Å². The summed E-state index contributed by atoms with van der Waals surface area (Å²) in [5.41, 5.74) is 4.59. The van der Waals surface area contributed by atoms with Crippen molar-refractivity contribution in [3.8, 4) is 11.1 Å². The molecule has 5 heteroatoms. The van der Waals surface area contributed by atoms with Crippen molar-refractivity contribution in [3.63, 3.8) is 0 Å². The molecule has 0 saturated carbocycles. The Bertz CT molecular complexity index is 787. The van der Waals surface area contributed by atoms with Gasteiger partial charge in [0.15, 0.2) is 0 Å². The van der Waals surface area contributed by atoms with Gasteiger partial charge < -0.3 is 9.84 Å². The number of fused-ring (bicyclic) bond motifs is 3. The van der Waals surface area contributed by atoms with E-state index in [-0.39, 0.29) is 12.5 Å². The fraction of sp³-hybridized carbons (Fsp3) is 0.364. The number of hydrogen-bond donors (Lipinski definition) is 1. The number of rotatable bonds is 7. The van der Waals surface area contributed by atoms with E-state index in [9.17, 15) is 14.7 Å². The normalized spacial score (nSPS) is 13.6. The van der Waals surface area contributed by atoms with Gasteiger partial charge in [-0.3, -0.25) is 4.90 Å². The molecule has 0 spiro atoms. The lowest BCUT2D eigenvalue weighted by Crippen LogP contribution is -2.43. The van der Waals surface area contributed by atoms with E-state index in [1.54, 1.807) is 0 Å². The molecule has 142 valence electrons. The number of unbranched alkanes of at least 4 members (excludes halogenated alkanes) is 1. The molecule has 0 bridgehead atoms. The first-order chi connectivity index (χ1) is 13.0. The Morgan fingerprint density at radius 3 is 2.15 bits per heavy atom. The predicted molar refractivity (Wildman–Crippen MR) is 104 cm³/mol. The fourth-order valence-electron chi connectivity index (χ4n) is 3.70. The van der Waals surface area contributed by atoms with Gasteiger partial charge in [0.25, 0.3) is 0 Å². The predicted octanol–water partition coefficient (Wildman–Crippen LogP) is 4.51. The number of nitrogens with zero attached hydrogens (tertiary/aromatic N) is 1. The minimum Gasteiger partial charge on any atom is -0.480 e. The van der Waals surface area contributed by atoms with E-state index in [0.29, 0.717) is 6.42 Å². The number of aliphatic carboxylic acids is 1. The molecule has 2 aromatic rings. The fourth-order valence-corrected chi connectivity index (χ4v) is 3.70. The van der Waals surface area contributed by atoms with E-state index in [1.165, 1.54) is 11.9 Å². The van der Waals surface area contributed by atoms with Gasteiger partial charge in [0.2, 0.25) is 0 Å².